The van der Waals surface area contributed by atoms with Gasteiger partial charge < -0.3 is 20.1 Å². The van der Waals surface area contributed by atoms with Crippen LogP contribution in [0.3, 0.4) is 0 Å². The van der Waals surface area contributed by atoms with Gasteiger partial charge in [0.15, 0.2) is 6.61 Å². The fraction of sp³-hybridized carbons (Fsp3) is 0.471. The molecule has 0 unspecified atom stereocenters. The molecule has 0 aromatic heterocycles. The fourth-order valence-corrected chi connectivity index (χ4v) is 2.67. The molecule has 0 spiro atoms. The van der Waals surface area contributed by atoms with Crippen molar-refractivity contribution in [2.45, 2.75) is 26.3 Å². The van der Waals surface area contributed by atoms with E-state index in [1.54, 1.807) is 29.2 Å². The van der Waals surface area contributed by atoms with E-state index < -0.39 is 12.6 Å². The van der Waals surface area contributed by atoms with Crippen LogP contribution in [0.2, 0.25) is 0 Å². The molecule has 1 saturated heterocycles. The summed E-state index contributed by atoms with van der Waals surface area (Å²) in [4.78, 5) is 36.2. The lowest BCUT2D eigenvalue weighted by Crippen LogP contribution is -2.34. The van der Waals surface area contributed by atoms with Gasteiger partial charge in [-0.15, -0.1) is 0 Å². The van der Waals surface area contributed by atoms with Crippen molar-refractivity contribution in [1.29, 1.82) is 0 Å². The second kappa shape index (κ2) is 7.81. The highest BCUT2D eigenvalue weighted by Gasteiger charge is 2.33. The summed E-state index contributed by atoms with van der Waals surface area (Å²) < 4.78 is 5.07. The number of carbonyl (C=O) groups is 3. The number of likely N-dealkylation sites (tertiary alicyclic amines) is 1. The molecule has 1 heterocycles. The van der Waals surface area contributed by atoms with Crippen LogP contribution in [0.5, 0.6) is 5.75 Å². The van der Waals surface area contributed by atoms with E-state index in [9.17, 15) is 14.4 Å². The molecule has 0 bridgehead atoms. The third-order valence-corrected chi connectivity index (χ3v) is 4.07. The Bertz CT molecular complexity index is 614. The minimum atomic E-state index is -1.04. The molecule has 1 aliphatic rings. The molecular weight excluding hydrogens is 312 g/mol. The van der Waals surface area contributed by atoms with Crippen LogP contribution >= 0.6 is 0 Å². The molecule has 0 saturated carbocycles. The number of ether oxygens (including phenoxy) is 1. The minimum absolute atomic E-state index is 0.0187. The molecule has 2 amide bonds. The van der Waals surface area contributed by atoms with Crippen molar-refractivity contribution in [2.75, 3.05) is 19.7 Å². The maximum absolute atomic E-state index is 12.3. The number of nitrogens with zero attached hydrogens (tertiary/aromatic N) is 1. The Labute approximate surface area is 140 Å². The SMILES string of the molecule is CCN1C[C@H](C(=O)N[C@H](C)c2ccc(OCC(=O)O)cc2)CC1=O. The van der Waals surface area contributed by atoms with Crippen molar-refractivity contribution in [3.8, 4) is 5.75 Å². The van der Waals surface area contributed by atoms with Crippen molar-refractivity contribution in [3.63, 3.8) is 0 Å². The first-order valence-corrected chi connectivity index (χ1v) is 7.93. The van der Waals surface area contributed by atoms with Gasteiger partial charge >= 0.3 is 5.97 Å². The van der Waals surface area contributed by atoms with Crippen LogP contribution < -0.4 is 10.1 Å². The summed E-state index contributed by atoms with van der Waals surface area (Å²) in [6, 6.07) is 6.68. The van der Waals surface area contributed by atoms with Gasteiger partial charge in [-0.25, -0.2) is 4.79 Å². The van der Waals surface area contributed by atoms with Crippen LogP contribution in [0, 0.1) is 5.92 Å². The van der Waals surface area contributed by atoms with Crippen LogP contribution in [0.1, 0.15) is 31.9 Å². The minimum Gasteiger partial charge on any atom is -0.482 e. The Morgan fingerprint density at radius 2 is 2.04 bits per heavy atom. The van der Waals surface area contributed by atoms with E-state index in [1.165, 1.54) is 0 Å². The molecule has 1 aliphatic heterocycles. The summed E-state index contributed by atoms with van der Waals surface area (Å²) in [6.07, 6.45) is 0.258. The normalized spacial score (nSPS) is 18.3. The predicted molar refractivity (Wildman–Crippen MR) is 86.5 cm³/mol. The molecule has 7 nitrogen and oxygen atoms in total. The molecule has 1 aromatic rings. The predicted octanol–water partition coefficient (Wildman–Crippen LogP) is 1.20. The summed E-state index contributed by atoms with van der Waals surface area (Å²) in [5.41, 5.74) is 0.877. The van der Waals surface area contributed by atoms with Gasteiger partial charge in [0, 0.05) is 19.5 Å². The van der Waals surface area contributed by atoms with Crippen LogP contribution in [0.4, 0.5) is 0 Å². The molecule has 24 heavy (non-hydrogen) atoms. The van der Waals surface area contributed by atoms with Crippen molar-refractivity contribution in [2.24, 2.45) is 5.92 Å². The average molecular weight is 334 g/mol. The van der Waals surface area contributed by atoms with Crippen molar-refractivity contribution in [3.05, 3.63) is 29.8 Å². The number of rotatable bonds is 7. The Hall–Kier alpha value is -2.57. The molecule has 130 valence electrons. The number of hydrogen-bond donors (Lipinski definition) is 2. The van der Waals surface area contributed by atoms with Gasteiger partial charge in [-0.2, -0.15) is 0 Å². The monoisotopic (exact) mass is 334 g/mol. The zero-order chi connectivity index (χ0) is 17.7. The summed E-state index contributed by atoms with van der Waals surface area (Å²) in [6.45, 7) is 4.45. The fourth-order valence-electron chi connectivity index (χ4n) is 2.67. The third-order valence-electron chi connectivity index (χ3n) is 4.07. The smallest absolute Gasteiger partial charge is 0.341 e. The molecule has 7 heteroatoms. The van der Waals surface area contributed by atoms with Crippen molar-refractivity contribution in [1.82, 2.24) is 10.2 Å². The first-order valence-electron chi connectivity index (χ1n) is 7.93. The van der Waals surface area contributed by atoms with E-state index in [-0.39, 0.29) is 30.2 Å². The van der Waals surface area contributed by atoms with Gasteiger partial charge in [-0.3, -0.25) is 9.59 Å². The van der Waals surface area contributed by atoms with Gasteiger partial charge in [0.25, 0.3) is 0 Å². The molecule has 0 radical (unpaired) electrons. The Morgan fingerprint density at radius 3 is 2.58 bits per heavy atom. The molecule has 2 atom stereocenters. The first-order chi connectivity index (χ1) is 11.4. The van der Waals surface area contributed by atoms with Gasteiger partial charge in [0.2, 0.25) is 11.8 Å². The number of carboxylic acids is 1. The number of aliphatic carboxylic acids is 1. The highest BCUT2D eigenvalue weighted by atomic mass is 16.5. The molecule has 2 N–H and O–H groups in total. The third kappa shape index (κ3) is 4.47. The largest absolute Gasteiger partial charge is 0.482 e. The first kappa shape index (κ1) is 17.8. The van der Waals surface area contributed by atoms with Gasteiger partial charge in [-0.05, 0) is 31.5 Å². The van der Waals surface area contributed by atoms with E-state index in [1.807, 2.05) is 13.8 Å². The second-order valence-electron chi connectivity index (χ2n) is 5.82. The van der Waals surface area contributed by atoms with Gasteiger partial charge in [0.1, 0.15) is 5.75 Å². The van der Waals surface area contributed by atoms with Crippen LogP contribution in [0.15, 0.2) is 24.3 Å². The van der Waals surface area contributed by atoms with E-state index in [4.69, 9.17) is 9.84 Å². The lowest BCUT2D eigenvalue weighted by Gasteiger charge is -2.18. The zero-order valence-electron chi connectivity index (χ0n) is 13.8. The standard InChI is InChI=1S/C17H22N2O5/c1-3-19-9-13(8-15(19)20)17(23)18-11(2)12-4-6-14(7-5-12)24-10-16(21)22/h4-7,11,13H,3,8-10H2,1-2H3,(H,18,23)(H,21,22)/t11-,13-/m1/s1. The van der Waals surface area contributed by atoms with E-state index in [2.05, 4.69) is 5.32 Å². The molecule has 0 aliphatic carbocycles. The Kier molecular flexibility index (Phi) is 5.78. The molecule has 1 aromatic carbocycles. The summed E-state index contributed by atoms with van der Waals surface area (Å²) in [7, 11) is 0. The van der Waals surface area contributed by atoms with Crippen LogP contribution in [-0.4, -0.2) is 47.5 Å². The Balaban J connectivity index is 1.90. The lowest BCUT2D eigenvalue weighted by molar-refractivity contribution is -0.139. The number of carbonyl (C=O) groups excluding carboxylic acids is 2. The summed E-state index contributed by atoms with van der Waals surface area (Å²) >= 11 is 0. The van der Waals surface area contributed by atoms with Crippen molar-refractivity contribution < 1.29 is 24.2 Å². The second-order valence-corrected chi connectivity index (χ2v) is 5.82. The average Bonchev–Trinajstić information content (AvgIpc) is 2.94. The van der Waals surface area contributed by atoms with Crippen LogP contribution in [0.25, 0.3) is 0 Å². The van der Waals surface area contributed by atoms with E-state index >= 15 is 0 Å². The topological polar surface area (TPSA) is 95.9 Å². The van der Waals surface area contributed by atoms with Crippen molar-refractivity contribution >= 4 is 17.8 Å². The molecule has 2 rings (SSSR count). The molecule has 1 fully saturated rings. The van der Waals surface area contributed by atoms with Crippen LogP contribution in [-0.2, 0) is 14.4 Å². The number of carboxylic acid groups (broad SMARTS) is 1. The molecular formula is C17H22N2O5. The van der Waals surface area contributed by atoms with Gasteiger partial charge in [-0.1, -0.05) is 12.1 Å². The summed E-state index contributed by atoms with van der Waals surface area (Å²) in [5, 5.41) is 11.5. The number of hydrogen-bond acceptors (Lipinski definition) is 4. The maximum Gasteiger partial charge on any atom is 0.341 e. The Morgan fingerprint density at radius 1 is 1.38 bits per heavy atom. The maximum atomic E-state index is 12.3. The summed E-state index contributed by atoms with van der Waals surface area (Å²) in [5.74, 6) is -0.993. The van der Waals surface area contributed by atoms with Gasteiger partial charge in [0.05, 0.1) is 12.0 Å². The van der Waals surface area contributed by atoms with E-state index in [0.717, 1.165) is 5.56 Å². The number of amides is 2. The highest BCUT2D eigenvalue weighted by molar-refractivity contribution is 5.89. The zero-order valence-corrected chi connectivity index (χ0v) is 13.8. The van der Waals surface area contributed by atoms with E-state index in [0.29, 0.717) is 18.8 Å². The number of benzene rings is 1. The lowest BCUT2D eigenvalue weighted by atomic mass is 10.0. The quantitative estimate of drug-likeness (QED) is 0.781. The highest BCUT2D eigenvalue weighted by Crippen LogP contribution is 2.21. The number of nitrogens with one attached hydrogen (secondary N) is 1.